The van der Waals surface area contributed by atoms with Gasteiger partial charge in [0, 0.05) is 6.04 Å². The van der Waals surface area contributed by atoms with Crippen LogP contribution < -0.4 is 5.32 Å². The van der Waals surface area contributed by atoms with Crippen LogP contribution >= 0.6 is 0 Å². The lowest BCUT2D eigenvalue weighted by atomic mass is 9.78. The number of nitrogens with one attached hydrogen (secondary N) is 1. The monoisotopic (exact) mass is 275 g/mol. The van der Waals surface area contributed by atoms with Crippen LogP contribution in [0.3, 0.4) is 0 Å². The van der Waals surface area contributed by atoms with Crippen LogP contribution in [0.1, 0.15) is 24.8 Å². The molecule has 0 unspecified atom stereocenters. The quantitative estimate of drug-likeness (QED) is 0.811. The van der Waals surface area contributed by atoms with Gasteiger partial charge >= 0.3 is 6.09 Å². The van der Waals surface area contributed by atoms with Gasteiger partial charge in [-0.15, -0.1) is 0 Å². The Morgan fingerprint density at radius 2 is 2.10 bits per heavy atom. The first-order valence-corrected chi connectivity index (χ1v) is 6.93. The molecular weight excluding hydrogens is 254 g/mol. The number of ether oxygens (including phenoxy) is 2. The van der Waals surface area contributed by atoms with E-state index in [1.807, 2.05) is 36.4 Å². The van der Waals surface area contributed by atoms with Crippen LogP contribution in [0.2, 0.25) is 0 Å². The molecule has 1 amide bonds. The molecule has 1 N–H and O–H groups in total. The summed E-state index contributed by atoms with van der Waals surface area (Å²) in [6, 6.07) is 9.93. The van der Waals surface area contributed by atoms with Crippen molar-refractivity contribution in [3.8, 4) is 0 Å². The zero-order valence-corrected chi connectivity index (χ0v) is 11.7. The molecule has 0 aromatic heterocycles. The van der Waals surface area contributed by atoms with Crippen LogP contribution in [0.15, 0.2) is 42.7 Å². The summed E-state index contributed by atoms with van der Waals surface area (Å²) in [7, 11) is 1.64. The highest BCUT2D eigenvalue weighted by Crippen LogP contribution is 2.30. The lowest BCUT2D eigenvalue weighted by molar-refractivity contribution is 0.122. The van der Waals surface area contributed by atoms with E-state index in [4.69, 9.17) is 9.47 Å². The van der Waals surface area contributed by atoms with Crippen LogP contribution in [0.25, 0.3) is 0 Å². The van der Waals surface area contributed by atoms with Gasteiger partial charge in [0.1, 0.15) is 6.61 Å². The molecule has 0 spiro atoms. The first-order valence-electron chi connectivity index (χ1n) is 6.93. The van der Waals surface area contributed by atoms with Crippen LogP contribution in [0, 0.1) is 5.92 Å². The molecule has 0 atom stereocenters. The molecule has 0 heterocycles. The second-order valence-electron chi connectivity index (χ2n) is 5.08. The molecular formula is C16H21NO3. The van der Waals surface area contributed by atoms with Crippen molar-refractivity contribution in [1.82, 2.24) is 5.32 Å². The molecule has 4 nitrogen and oxygen atoms in total. The molecule has 1 saturated carbocycles. The van der Waals surface area contributed by atoms with Crippen molar-refractivity contribution >= 4 is 6.09 Å². The molecule has 0 saturated heterocycles. The number of benzene rings is 1. The van der Waals surface area contributed by atoms with E-state index in [0.717, 1.165) is 24.8 Å². The van der Waals surface area contributed by atoms with Gasteiger partial charge in [-0.1, -0.05) is 30.3 Å². The van der Waals surface area contributed by atoms with E-state index >= 15 is 0 Å². The Morgan fingerprint density at radius 1 is 1.35 bits per heavy atom. The highest BCUT2D eigenvalue weighted by atomic mass is 16.5. The summed E-state index contributed by atoms with van der Waals surface area (Å²) in [4.78, 5) is 11.6. The Bertz CT molecular complexity index is 438. The van der Waals surface area contributed by atoms with Gasteiger partial charge in [0.25, 0.3) is 0 Å². The highest BCUT2D eigenvalue weighted by Gasteiger charge is 2.29. The lowest BCUT2D eigenvalue weighted by Crippen LogP contribution is -2.44. The molecule has 108 valence electrons. The topological polar surface area (TPSA) is 47.6 Å². The number of carbonyl (C=O) groups is 1. The van der Waals surface area contributed by atoms with Gasteiger partial charge in [-0.05, 0) is 36.8 Å². The summed E-state index contributed by atoms with van der Waals surface area (Å²) in [6.07, 6.45) is 6.42. The van der Waals surface area contributed by atoms with Crippen molar-refractivity contribution in [3.05, 3.63) is 48.2 Å². The molecule has 2 rings (SSSR count). The third-order valence-electron chi connectivity index (χ3n) is 3.47. The largest absolute Gasteiger partial charge is 0.505 e. The average molecular weight is 275 g/mol. The van der Waals surface area contributed by atoms with Gasteiger partial charge in [-0.3, -0.25) is 0 Å². The fraction of sp³-hybridized carbons (Fsp3) is 0.438. The summed E-state index contributed by atoms with van der Waals surface area (Å²) < 4.78 is 10.0. The van der Waals surface area contributed by atoms with Crippen molar-refractivity contribution < 1.29 is 14.3 Å². The van der Waals surface area contributed by atoms with Crippen LogP contribution in [0.4, 0.5) is 4.79 Å². The first-order chi connectivity index (χ1) is 9.78. The Hall–Kier alpha value is -1.97. The Kier molecular flexibility index (Phi) is 5.47. The predicted octanol–water partition coefficient (Wildman–Crippen LogP) is 3.24. The number of methoxy groups -OCH3 is 1. The first kappa shape index (κ1) is 14.4. The molecule has 0 radical (unpaired) electrons. The average Bonchev–Trinajstić information content (AvgIpc) is 2.43. The predicted molar refractivity (Wildman–Crippen MR) is 77.0 cm³/mol. The van der Waals surface area contributed by atoms with E-state index in [2.05, 4.69) is 5.32 Å². The summed E-state index contributed by atoms with van der Waals surface area (Å²) in [5.74, 6) is 0.640. The molecule has 0 bridgehead atoms. The summed E-state index contributed by atoms with van der Waals surface area (Å²) in [6.45, 7) is 0.319. The maximum absolute atomic E-state index is 11.6. The van der Waals surface area contributed by atoms with Gasteiger partial charge in [0.2, 0.25) is 0 Å². The molecule has 4 heteroatoms. The maximum Gasteiger partial charge on any atom is 0.407 e. The Labute approximate surface area is 119 Å². The van der Waals surface area contributed by atoms with Crippen LogP contribution in [-0.4, -0.2) is 19.2 Å². The van der Waals surface area contributed by atoms with Crippen molar-refractivity contribution in [1.29, 1.82) is 0 Å². The standard InChI is InChI=1S/C16H21NO3/c1-19-9-5-8-14-10-15(11-14)17-16(18)20-12-13-6-3-2-4-7-13/h2-7,9,14-15H,8,10-12H2,1H3,(H,17,18)/b9-5+. The van der Waals surface area contributed by atoms with Gasteiger partial charge in [-0.2, -0.15) is 0 Å². The Morgan fingerprint density at radius 3 is 2.80 bits per heavy atom. The van der Waals surface area contributed by atoms with Crippen molar-refractivity contribution in [2.75, 3.05) is 7.11 Å². The third kappa shape index (κ3) is 4.61. The zero-order valence-electron chi connectivity index (χ0n) is 11.7. The van der Waals surface area contributed by atoms with Crippen molar-refractivity contribution in [3.63, 3.8) is 0 Å². The van der Waals surface area contributed by atoms with E-state index in [1.165, 1.54) is 0 Å². The van der Waals surface area contributed by atoms with E-state index in [9.17, 15) is 4.79 Å². The minimum absolute atomic E-state index is 0.249. The van der Waals surface area contributed by atoms with Gasteiger partial charge in [0.15, 0.2) is 0 Å². The number of amides is 1. The van der Waals surface area contributed by atoms with Crippen molar-refractivity contribution in [2.45, 2.75) is 31.9 Å². The zero-order chi connectivity index (χ0) is 14.2. The number of carbonyl (C=O) groups excluding carboxylic acids is 1. The number of hydrogen-bond donors (Lipinski definition) is 1. The molecule has 1 aromatic carbocycles. The molecule has 1 aliphatic rings. The van der Waals surface area contributed by atoms with Crippen LogP contribution in [0.5, 0.6) is 0 Å². The van der Waals surface area contributed by atoms with E-state index in [-0.39, 0.29) is 12.1 Å². The molecule has 1 fully saturated rings. The smallest absolute Gasteiger partial charge is 0.407 e. The van der Waals surface area contributed by atoms with Crippen molar-refractivity contribution in [2.24, 2.45) is 5.92 Å². The lowest BCUT2D eigenvalue weighted by Gasteiger charge is -2.34. The second-order valence-corrected chi connectivity index (χ2v) is 5.08. The number of alkyl carbamates (subject to hydrolysis) is 1. The minimum atomic E-state index is -0.329. The SMILES string of the molecule is CO/C=C/CC1CC(NC(=O)OCc2ccccc2)C1. The summed E-state index contributed by atoms with van der Waals surface area (Å²) in [5, 5.41) is 2.89. The third-order valence-corrected chi connectivity index (χ3v) is 3.47. The summed E-state index contributed by atoms with van der Waals surface area (Å²) in [5.41, 5.74) is 0.999. The fourth-order valence-electron chi connectivity index (χ4n) is 2.32. The second kappa shape index (κ2) is 7.58. The van der Waals surface area contributed by atoms with Gasteiger partial charge in [0.05, 0.1) is 13.4 Å². The number of rotatable bonds is 6. The molecule has 1 aromatic rings. The molecule has 0 aliphatic heterocycles. The van der Waals surface area contributed by atoms with Gasteiger partial charge in [-0.25, -0.2) is 4.79 Å². The molecule has 1 aliphatic carbocycles. The fourth-order valence-corrected chi connectivity index (χ4v) is 2.32. The van der Waals surface area contributed by atoms with E-state index < -0.39 is 0 Å². The number of hydrogen-bond acceptors (Lipinski definition) is 3. The highest BCUT2D eigenvalue weighted by molar-refractivity contribution is 5.67. The Balaban J connectivity index is 1.59. The number of allylic oxidation sites excluding steroid dienone is 1. The van der Waals surface area contributed by atoms with Crippen LogP contribution in [-0.2, 0) is 16.1 Å². The molecule has 20 heavy (non-hydrogen) atoms. The minimum Gasteiger partial charge on any atom is -0.505 e. The summed E-state index contributed by atoms with van der Waals surface area (Å²) >= 11 is 0. The van der Waals surface area contributed by atoms with E-state index in [1.54, 1.807) is 13.4 Å². The van der Waals surface area contributed by atoms with E-state index in [0.29, 0.717) is 12.5 Å². The normalized spacial score (nSPS) is 21.2. The van der Waals surface area contributed by atoms with Gasteiger partial charge < -0.3 is 14.8 Å². The maximum atomic E-state index is 11.6.